The maximum Gasteiger partial charge on any atom is 0.147 e. The third-order valence-electron chi connectivity index (χ3n) is 3.40. The minimum absolute atomic E-state index is 0.186. The lowest BCUT2D eigenvalue weighted by atomic mass is 10.2. The highest BCUT2D eigenvalue weighted by Crippen LogP contribution is 2.30. The zero-order valence-electron chi connectivity index (χ0n) is 11.7. The molecule has 108 valence electrons. The van der Waals surface area contributed by atoms with E-state index in [9.17, 15) is 4.39 Å². The predicted octanol–water partition coefficient (Wildman–Crippen LogP) is 4.22. The number of imidazole rings is 1. The first kappa shape index (κ1) is 13.9. The highest BCUT2D eigenvalue weighted by molar-refractivity contribution is 6.17. The van der Waals surface area contributed by atoms with E-state index in [-0.39, 0.29) is 11.7 Å². The molecule has 1 aromatic heterocycles. The van der Waals surface area contributed by atoms with Crippen LogP contribution < -0.4 is 4.74 Å². The van der Waals surface area contributed by atoms with Crippen molar-refractivity contribution >= 4 is 22.6 Å². The van der Waals surface area contributed by atoms with Crippen molar-refractivity contribution in [1.82, 2.24) is 9.55 Å². The van der Waals surface area contributed by atoms with Crippen molar-refractivity contribution in [1.29, 1.82) is 0 Å². The first-order chi connectivity index (χ1) is 10.2. The van der Waals surface area contributed by atoms with Gasteiger partial charge in [0.25, 0.3) is 0 Å². The van der Waals surface area contributed by atoms with E-state index in [1.165, 1.54) is 6.07 Å². The van der Waals surface area contributed by atoms with E-state index in [0.29, 0.717) is 22.8 Å². The van der Waals surface area contributed by atoms with E-state index < -0.39 is 0 Å². The van der Waals surface area contributed by atoms with Crippen LogP contribution in [0.4, 0.5) is 4.39 Å². The molecule has 0 bridgehead atoms. The molecular formula is C16H14ClFN2O. The molecule has 0 saturated carbocycles. The van der Waals surface area contributed by atoms with Gasteiger partial charge < -0.3 is 4.74 Å². The Kier molecular flexibility index (Phi) is 3.55. The number of nitrogens with zero attached hydrogens (tertiary/aromatic N) is 2. The van der Waals surface area contributed by atoms with Crippen LogP contribution in [0.2, 0.25) is 0 Å². The van der Waals surface area contributed by atoms with Crippen molar-refractivity contribution in [2.75, 3.05) is 7.11 Å². The maximum atomic E-state index is 14.2. The second-order valence-corrected chi connectivity index (χ2v) is 5.05. The van der Waals surface area contributed by atoms with Gasteiger partial charge in [-0.2, -0.15) is 0 Å². The highest BCUT2D eigenvalue weighted by Gasteiger charge is 2.17. The average Bonchev–Trinajstić information content (AvgIpc) is 2.88. The number of aryl methyl sites for hydroxylation is 1. The normalized spacial score (nSPS) is 11.0. The Bertz CT molecular complexity index is 813. The van der Waals surface area contributed by atoms with Crippen molar-refractivity contribution in [2.45, 2.75) is 12.8 Å². The molecule has 0 N–H and O–H groups in total. The van der Waals surface area contributed by atoms with Crippen molar-refractivity contribution in [3.05, 3.63) is 53.6 Å². The molecule has 2 aromatic carbocycles. The third kappa shape index (κ3) is 2.25. The van der Waals surface area contributed by atoms with Gasteiger partial charge in [-0.05, 0) is 36.8 Å². The van der Waals surface area contributed by atoms with Crippen LogP contribution in [0.5, 0.6) is 5.75 Å². The SMILES string of the molecule is COc1cccc2c1nc(CCl)n2-c1cc(C)ccc1F. The zero-order valence-corrected chi connectivity index (χ0v) is 12.5. The summed E-state index contributed by atoms with van der Waals surface area (Å²) in [4.78, 5) is 4.49. The van der Waals surface area contributed by atoms with E-state index in [1.807, 2.05) is 25.1 Å². The number of benzene rings is 2. The topological polar surface area (TPSA) is 27.1 Å². The van der Waals surface area contributed by atoms with E-state index in [1.54, 1.807) is 23.8 Å². The summed E-state index contributed by atoms with van der Waals surface area (Å²) in [7, 11) is 1.58. The van der Waals surface area contributed by atoms with Crippen molar-refractivity contribution in [3.63, 3.8) is 0 Å². The largest absolute Gasteiger partial charge is 0.494 e. The fourth-order valence-electron chi connectivity index (χ4n) is 2.44. The first-order valence-electron chi connectivity index (χ1n) is 6.52. The molecular weight excluding hydrogens is 291 g/mol. The van der Waals surface area contributed by atoms with Crippen LogP contribution in [-0.2, 0) is 5.88 Å². The molecule has 3 rings (SSSR count). The highest BCUT2D eigenvalue weighted by atomic mass is 35.5. The number of halogens is 2. The van der Waals surface area contributed by atoms with Gasteiger partial charge in [0.2, 0.25) is 0 Å². The Labute approximate surface area is 126 Å². The predicted molar refractivity (Wildman–Crippen MR) is 81.9 cm³/mol. The summed E-state index contributed by atoms with van der Waals surface area (Å²) in [5, 5.41) is 0. The van der Waals surface area contributed by atoms with Gasteiger partial charge in [-0.15, -0.1) is 11.6 Å². The number of methoxy groups -OCH3 is 1. The summed E-state index contributed by atoms with van der Waals surface area (Å²) in [5.74, 6) is 1.10. The number of hydrogen-bond acceptors (Lipinski definition) is 2. The van der Waals surface area contributed by atoms with Crippen LogP contribution in [-0.4, -0.2) is 16.7 Å². The molecule has 1 heterocycles. The molecule has 0 amide bonds. The van der Waals surface area contributed by atoms with Crippen molar-refractivity contribution in [2.24, 2.45) is 0 Å². The fraction of sp³-hybridized carbons (Fsp3) is 0.188. The molecule has 0 radical (unpaired) electrons. The molecule has 21 heavy (non-hydrogen) atoms. The van der Waals surface area contributed by atoms with Gasteiger partial charge in [0.15, 0.2) is 0 Å². The van der Waals surface area contributed by atoms with E-state index >= 15 is 0 Å². The molecule has 3 aromatic rings. The van der Waals surface area contributed by atoms with Gasteiger partial charge in [0.1, 0.15) is 22.9 Å². The van der Waals surface area contributed by atoms with Gasteiger partial charge in [-0.1, -0.05) is 12.1 Å². The smallest absolute Gasteiger partial charge is 0.147 e. The Morgan fingerprint density at radius 1 is 1.29 bits per heavy atom. The molecule has 0 aliphatic carbocycles. The van der Waals surface area contributed by atoms with Crippen molar-refractivity contribution in [3.8, 4) is 11.4 Å². The van der Waals surface area contributed by atoms with Crippen LogP contribution in [0.1, 0.15) is 11.4 Å². The molecule has 5 heteroatoms. The number of aromatic nitrogens is 2. The lowest BCUT2D eigenvalue weighted by Gasteiger charge is -2.10. The number of rotatable bonds is 3. The van der Waals surface area contributed by atoms with Crippen LogP contribution >= 0.6 is 11.6 Å². The molecule has 0 saturated heterocycles. The second kappa shape index (κ2) is 5.37. The minimum atomic E-state index is -0.311. The van der Waals surface area contributed by atoms with E-state index in [2.05, 4.69) is 4.98 Å². The molecule has 0 atom stereocenters. The third-order valence-corrected chi connectivity index (χ3v) is 3.64. The molecule has 0 fully saturated rings. The maximum absolute atomic E-state index is 14.2. The average molecular weight is 305 g/mol. The van der Waals surface area contributed by atoms with Gasteiger partial charge >= 0.3 is 0 Å². The summed E-state index contributed by atoms with van der Waals surface area (Å²) in [6.07, 6.45) is 0. The van der Waals surface area contributed by atoms with Gasteiger partial charge in [0, 0.05) is 0 Å². The number of para-hydroxylation sites is 1. The van der Waals surface area contributed by atoms with Crippen LogP contribution in [0, 0.1) is 12.7 Å². The lowest BCUT2D eigenvalue weighted by Crippen LogP contribution is -2.02. The Hall–Kier alpha value is -2.07. The van der Waals surface area contributed by atoms with E-state index in [4.69, 9.17) is 16.3 Å². The molecule has 0 aliphatic heterocycles. The Morgan fingerprint density at radius 3 is 2.81 bits per heavy atom. The number of hydrogen-bond donors (Lipinski definition) is 0. The first-order valence-corrected chi connectivity index (χ1v) is 7.06. The fourth-order valence-corrected chi connectivity index (χ4v) is 2.62. The summed E-state index contributed by atoms with van der Waals surface area (Å²) < 4.78 is 21.3. The minimum Gasteiger partial charge on any atom is -0.494 e. The number of alkyl halides is 1. The Morgan fingerprint density at radius 2 is 2.10 bits per heavy atom. The van der Waals surface area contributed by atoms with Crippen LogP contribution in [0.15, 0.2) is 36.4 Å². The lowest BCUT2D eigenvalue weighted by molar-refractivity contribution is 0.419. The standard InChI is InChI=1S/C16H14ClFN2O/c1-10-6-7-11(18)13(8-10)20-12-4-3-5-14(21-2)16(12)19-15(20)9-17/h3-8H,9H2,1-2H3. The van der Waals surface area contributed by atoms with Gasteiger partial charge in [0.05, 0.1) is 24.2 Å². The van der Waals surface area contributed by atoms with Gasteiger partial charge in [-0.25, -0.2) is 9.37 Å². The van der Waals surface area contributed by atoms with E-state index in [0.717, 1.165) is 11.1 Å². The van der Waals surface area contributed by atoms with Crippen LogP contribution in [0.25, 0.3) is 16.7 Å². The summed E-state index contributed by atoms with van der Waals surface area (Å²) in [5.41, 5.74) is 2.86. The quantitative estimate of drug-likeness (QED) is 0.677. The monoisotopic (exact) mass is 304 g/mol. The molecule has 3 nitrogen and oxygen atoms in total. The summed E-state index contributed by atoms with van der Waals surface area (Å²) in [6, 6.07) is 10.5. The number of ether oxygens (including phenoxy) is 1. The molecule has 0 spiro atoms. The second-order valence-electron chi connectivity index (χ2n) is 4.78. The summed E-state index contributed by atoms with van der Waals surface area (Å²) >= 11 is 5.99. The van der Waals surface area contributed by atoms with Crippen LogP contribution in [0.3, 0.4) is 0 Å². The zero-order chi connectivity index (χ0) is 15.0. The van der Waals surface area contributed by atoms with Crippen molar-refractivity contribution < 1.29 is 9.13 Å². The molecule has 0 unspecified atom stereocenters. The Balaban J connectivity index is 2.38. The van der Waals surface area contributed by atoms with Gasteiger partial charge in [-0.3, -0.25) is 4.57 Å². The number of fused-ring (bicyclic) bond motifs is 1. The molecule has 0 aliphatic rings. The summed E-state index contributed by atoms with van der Waals surface area (Å²) in [6.45, 7) is 1.92.